The number of carbonyl (C=O) groups excluding carboxylic acids is 1. The summed E-state index contributed by atoms with van der Waals surface area (Å²) in [6.07, 6.45) is 3.39. The summed E-state index contributed by atoms with van der Waals surface area (Å²) in [6, 6.07) is -0.901. The van der Waals surface area contributed by atoms with Crippen LogP contribution in [0.5, 0.6) is 0 Å². The van der Waals surface area contributed by atoms with E-state index in [4.69, 9.17) is 5.11 Å². The molecule has 0 aromatic carbocycles. The first kappa shape index (κ1) is 14.1. The van der Waals surface area contributed by atoms with Gasteiger partial charge < -0.3 is 10.4 Å². The number of rotatable bonds is 5. The van der Waals surface area contributed by atoms with Crippen LogP contribution in [-0.2, 0) is 4.79 Å². The first-order valence-electron chi connectivity index (χ1n) is 5.77. The second-order valence-corrected chi connectivity index (χ2v) is 4.20. The molecular formula is C12H17N3O3. The second kappa shape index (κ2) is 6.09. The maximum atomic E-state index is 11.9. The van der Waals surface area contributed by atoms with Gasteiger partial charge in [-0.2, -0.15) is 0 Å². The molecule has 18 heavy (non-hydrogen) atoms. The van der Waals surface area contributed by atoms with Crippen molar-refractivity contribution in [1.82, 2.24) is 15.3 Å². The van der Waals surface area contributed by atoms with E-state index < -0.39 is 17.9 Å². The Bertz CT molecular complexity index is 448. The molecule has 0 fully saturated rings. The molecule has 0 saturated carbocycles. The highest BCUT2D eigenvalue weighted by Crippen LogP contribution is 2.10. The molecule has 0 saturated heterocycles. The first-order valence-corrected chi connectivity index (χ1v) is 5.77. The van der Waals surface area contributed by atoms with E-state index in [1.807, 2.05) is 6.92 Å². The first-order chi connectivity index (χ1) is 8.47. The number of nitrogens with one attached hydrogen (secondary N) is 1. The molecule has 0 bridgehead atoms. The van der Waals surface area contributed by atoms with E-state index in [1.54, 1.807) is 13.8 Å². The van der Waals surface area contributed by atoms with Crippen molar-refractivity contribution in [3.05, 3.63) is 23.8 Å². The van der Waals surface area contributed by atoms with E-state index >= 15 is 0 Å². The number of hydrogen-bond acceptors (Lipinski definition) is 4. The van der Waals surface area contributed by atoms with E-state index in [1.165, 1.54) is 12.5 Å². The monoisotopic (exact) mass is 251 g/mol. The van der Waals surface area contributed by atoms with Gasteiger partial charge in [-0.3, -0.25) is 4.79 Å². The number of aromatic nitrogens is 2. The van der Waals surface area contributed by atoms with Crippen molar-refractivity contribution in [2.45, 2.75) is 33.2 Å². The third-order valence-corrected chi connectivity index (χ3v) is 2.92. The molecular weight excluding hydrogens is 234 g/mol. The van der Waals surface area contributed by atoms with Crippen molar-refractivity contribution in [1.29, 1.82) is 0 Å². The molecule has 0 spiro atoms. The largest absolute Gasteiger partial charge is 0.480 e. The summed E-state index contributed by atoms with van der Waals surface area (Å²) in [6.45, 7) is 5.34. The lowest BCUT2D eigenvalue weighted by atomic mass is 9.99. The van der Waals surface area contributed by atoms with Crippen molar-refractivity contribution >= 4 is 11.9 Å². The highest BCUT2D eigenvalue weighted by atomic mass is 16.4. The topological polar surface area (TPSA) is 92.2 Å². The highest BCUT2D eigenvalue weighted by Gasteiger charge is 2.26. The van der Waals surface area contributed by atoms with Crippen LogP contribution in [0, 0.1) is 12.8 Å². The lowest BCUT2D eigenvalue weighted by Gasteiger charge is -2.20. The maximum Gasteiger partial charge on any atom is 0.326 e. The fourth-order valence-electron chi connectivity index (χ4n) is 1.52. The number of aliphatic carboxylic acids is 1. The third kappa shape index (κ3) is 3.26. The Kier molecular flexibility index (Phi) is 4.76. The van der Waals surface area contributed by atoms with Crippen LogP contribution in [-0.4, -0.2) is 33.0 Å². The van der Waals surface area contributed by atoms with Gasteiger partial charge >= 0.3 is 5.97 Å². The van der Waals surface area contributed by atoms with Crippen LogP contribution in [0.2, 0.25) is 0 Å². The molecule has 0 aliphatic carbocycles. The van der Waals surface area contributed by atoms with Gasteiger partial charge in [-0.25, -0.2) is 14.8 Å². The van der Waals surface area contributed by atoms with Crippen molar-refractivity contribution < 1.29 is 14.7 Å². The Morgan fingerprint density at radius 2 is 2.17 bits per heavy atom. The lowest BCUT2D eigenvalue weighted by molar-refractivity contribution is -0.140. The molecule has 6 nitrogen and oxygen atoms in total. The minimum atomic E-state index is -1.03. The van der Waals surface area contributed by atoms with Gasteiger partial charge in [0.25, 0.3) is 5.91 Å². The number of carboxylic acid groups (broad SMARTS) is 1. The van der Waals surface area contributed by atoms with E-state index in [0.717, 1.165) is 0 Å². The summed E-state index contributed by atoms with van der Waals surface area (Å²) >= 11 is 0. The van der Waals surface area contributed by atoms with E-state index in [9.17, 15) is 9.59 Å². The van der Waals surface area contributed by atoms with Crippen LogP contribution in [0.1, 0.15) is 36.3 Å². The number of nitrogens with zero attached hydrogens (tertiary/aromatic N) is 2. The van der Waals surface area contributed by atoms with Crippen LogP contribution < -0.4 is 5.32 Å². The molecule has 0 aliphatic rings. The SMILES string of the molecule is CCC(C)C(NC(=O)c1cncnc1C)C(=O)O. The molecule has 1 aromatic heterocycles. The summed E-state index contributed by atoms with van der Waals surface area (Å²) in [7, 11) is 0. The Labute approximate surface area is 105 Å². The van der Waals surface area contributed by atoms with E-state index in [0.29, 0.717) is 17.7 Å². The Hall–Kier alpha value is -1.98. The molecule has 1 amide bonds. The van der Waals surface area contributed by atoms with Gasteiger partial charge in [-0.1, -0.05) is 20.3 Å². The molecule has 6 heteroatoms. The van der Waals surface area contributed by atoms with Crippen molar-refractivity contribution in [2.75, 3.05) is 0 Å². The van der Waals surface area contributed by atoms with Crippen LogP contribution in [0.15, 0.2) is 12.5 Å². The smallest absolute Gasteiger partial charge is 0.326 e. The average molecular weight is 251 g/mol. The lowest BCUT2D eigenvalue weighted by Crippen LogP contribution is -2.45. The molecule has 2 unspecified atom stereocenters. The minimum Gasteiger partial charge on any atom is -0.480 e. The molecule has 98 valence electrons. The van der Waals surface area contributed by atoms with Crippen molar-refractivity contribution in [2.24, 2.45) is 5.92 Å². The molecule has 1 aromatic rings. The average Bonchev–Trinajstić information content (AvgIpc) is 2.35. The summed E-state index contributed by atoms with van der Waals surface area (Å²) in [5.74, 6) is -1.63. The fourth-order valence-corrected chi connectivity index (χ4v) is 1.52. The second-order valence-electron chi connectivity index (χ2n) is 4.20. The van der Waals surface area contributed by atoms with Gasteiger partial charge in [0.2, 0.25) is 0 Å². The van der Waals surface area contributed by atoms with Crippen molar-refractivity contribution in [3.63, 3.8) is 0 Å². The van der Waals surface area contributed by atoms with Gasteiger partial charge in [0.05, 0.1) is 11.3 Å². The summed E-state index contributed by atoms with van der Waals surface area (Å²) in [5, 5.41) is 11.6. The number of carboxylic acids is 1. The van der Waals surface area contributed by atoms with Crippen LogP contribution in [0.4, 0.5) is 0 Å². The van der Waals surface area contributed by atoms with Gasteiger partial charge in [0.15, 0.2) is 0 Å². The Morgan fingerprint density at radius 3 is 2.67 bits per heavy atom. The Balaban J connectivity index is 2.86. The molecule has 2 atom stereocenters. The molecule has 0 radical (unpaired) electrons. The zero-order valence-electron chi connectivity index (χ0n) is 10.7. The molecule has 0 aliphatic heterocycles. The molecule has 2 N–H and O–H groups in total. The van der Waals surface area contributed by atoms with Gasteiger partial charge in [0, 0.05) is 6.20 Å². The molecule has 1 heterocycles. The standard InChI is InChI=1S/C12H17N3O3/c1-4-7(2)10(12(17)18)15-11(16)9-5-13-6-14-8(9)3/h5-7,10H,4H2,1-3H3,(H,15,16)(H,17,18). The summed E-state index contributed by atoms with van der Waals surface area (Å²) < 4.78 is 0. The predicted molar refractivity (Wildman–Crippen MR) is 65.1 cm³/mol. The zero-order valence-corrected chi connectivity index (χ0v) is 10.7. The van der Waals surface area contributed by atoms with Crippen LogP contribution in [0.3, 0.4) is 0 Å². The predicted octanol–water partition coefficient (Wildman–Crippen LogP) is 1.01. The number of hydrogen-bond donors (Lipinski definition) is 2. The number of carbonyl (C=O) groups is 2. The van der Waals surface area contributed by atoms with E-state index in [-0.39, 0.29) is 5.92 Å². The van der Waals surface area contributed by atoms with Gasteiger partial charge in [-0.05, 0) is 12.8 Å². The van der Waals surface area contributed by atoms with Crippen LogP contribution >= 0.6 is 0 Å². The number of amides is 1. The molecule has 1 rings (SSSR count). The quantitative estimate of drug-likeness (QED) is 0.815. The highest BCUT2D eigenvalue weighted by molar-refractivity contribution is 5.97. The van der Waals surface area contributed by atoms with Gasteiger partial charge in [-0.15, -0.1) is 0 Å². The number of aryl methyl sites for hydroxylation is 1. The van der Waals surface area contributed by atoms with Crippen molar-refractivity contribution in [3.8, 4) is 0 Å². The summed E-state index contributed by atoms with van der Waals surface area (Å²) in [4.78, 5) is 30.7. The fraction of sp³-hybridized carbons (Fsp3) is 0.500. The summed E-state index contributed by atoms with van der Waals surface area (Å²) in [5.41, 5.74) is 0.822. The normalized spacial score (nSPS) is 13.7. The maximum absolute atomic E-state index is 11.9. The zero-order chi connectivity index (χ0) is 13.7. The minimum absolute atomic E-state index is 0.142. The van der Waals surface area contributed by atoms with Gasteiger partial charge in [0.1, 0.15) is 12.4 Å². The Morgan fingerprint density at radius 1 is 1.50 bits per heavy atom. The third-order valence-electron chi connectivity index (χ3n) is 2.92. The van der Waals surface area contributed by atoms with Crippen LogP contribution in [0.25, 0.3) is 0 Å². The van der Waals surface area contributed by atoms with E-state index in [2.05, 4.69) is 15.3 Å².